The molecule has 158 valence electrons. The van der Waals surface area contributed by atoms with E-state index in [-0.39, 0.29) is 11.7 Å². The van der Waals surface area contributed by atoms with Crippen LogP contribution in [0.3, 0.4) is 0 Å². The first kappa shape index (κ1) is 22.0. The predicted molar refractivity (Wildman–Crippen MR) is 120 cm³/mol. The molecule has 0 fully saturated rings. The Balaban J connectivity index is 1.41. The second-order valence-corrected chi connectivity index (χ2v) is 7.84. The number of rotatable bonds is 10. The van der Waals surface area contributed by atoms with Gasteiger partial charge in [-0.15, -0.1) is 10.2 Å². The molecule has 0 saturated heterocycles. The fraction of sp³-hybridized carbons (Fsp3) is 0.250. The summed E-state index contributed by atoms with van der Waals surface area (Å²) in [7, 11) is 0. The number of ether oxygens (including phenoxy) is 2. The van der Waals surface area contributed by atoms with Gasteiger partial charge in [-0.05, 0) is 43.3 Å². The van der Waals surface area contributed by atoms with Gasteiger partial charge in [0.25, 0.3) is 0 Å². The van der Waals surface area contributed by atoms with Crippen molar-refractivity contribution in [2.24, 2.45) is 0 Å². The number of thioether (sulfide) groups is 1. The number of amides is 1. The van der Waals surface area contributed by atoms with Gasteiger partial charge in [0.2, 0.25) is 11.1 Å². The minimum atomic E-state index is -0.138. The largest absolute Gasteiger partial charge is 0.494 e. The predicted octanol–water partition coefficient (Wildman–Crippen LogP) is 3.11. The second kappa shape index (κ2) is 10.9. The van der Waals surface area contributed by atoms with Crippen LogP contribution >= 0.6 is 27.7 Å². The third-order valence-electron chi connectivity index (χ3n) is 3.94. The van der Waals surface area contributed by atoms with Crippen LogP contribution in [0.2, 0.25) is 0 Å². The van der Waals surface area contributed by atoms with Crippen LogP contribution in [0.5, 0.6) is 11.5 Å². The first-order chi connectivity index (χ1) is 14.6. The number of nitrogens with two attached hydrogens (primary N) is 1. The van der Waals surface area contributed by atoms with Crippen LogP contribution < -0.4 is 20.6 Å². The van der Waals surface area contributed by atoms with Gasteiger partial charge in [-0.3, -0.25) is 4.79 Å². The summed E-state index contributed by atoms with van der Waals surface area (Å²) in [6.07, 6.45) is 0. The number of carbonyl (C=O) groups is 1. The minimum Gasteiger partial charge on any atom is -0.494 e. The zero-order chi connectivity index (χ0) is 21.3. The number of nitrogens with one attached hydrogen (secondary N) is 1. The molecule has 30 heavy (non-hydrogen) atoms. The molecule has 1 amide bonds. The van der Waals surface area contributed by atoms with E-state index in [2.05, 4.69) is 31.4 Å². The highest BCUT2D eigenvalue weighted by Gasteiger charge is 2.15. The van der Waals surface area contributed by atoms with Gasteiger partial charge < -0.3 is 20.6 Å². The molecule has 0 radical (unpaired) electrons. The highest BCUT2D eigenvalue weighted by molar-refractivity contribution is 9.10. The lowest BCUT2D eigenvalue weighted by Gasteiger charge is -2.09. The number of carbonyl (C=O) groups excluding carboxylic acids is 1. The van der Waals surface area contributed by atoms with Gasteiger partial charge in [0.15, 0.2) is 5.82 Å². The molecule has 10 heteroatoms. The number of hydrogen-bond acceptors (Lipinski definition) is 7. The molecule has 3 aromatic rings. The van der Waals surface area contributed by atoms with Gasteiger partial charge in [-0.25, -0.2) is 4.68 Å². The average Bonchev–Trinajstić information content (AvgIpc) is 3.11. The molecule has 3 N–H and O–H groups in total. The fourth-order valence-corrected chi connectivity index (χ4v) is 3.69. The Hall–Kier alpha value is -2.72. The Morgan fingerprint density at radius 2 is 1.83 bits per heavy atom. The molecule has 0 unspecified atom stereocenters. The van der Waals surface area contributed by atoms with Crippen molar-refractivity contribution in [1.29, 1.82) is 0 Å². The van der Waals surface area contributed by atoms with E-state index < -0.39 is 0 Å². The Morgan fingerprint density at radius 1 is 1.13 bits per heavy atom. The van der Waals surface area contributed by atoms with Crippen molar-refractivity contribution in [3.8, 4) is 22.9 Å². The van der Waals surface area contributed by atoms with Gasteiger partial charge >= 0.3 is 0 Å². The summed E-state index contributed by atoms with van der Waals surface area (Å²) in [5.41, 5.74) is 0.829. The molecule has 0 aliphatic rings. The standard InChI is InChI=1S/C20H22BrN5O3S/c1-2-28-14-7-9-15(10-8-14)29-12-11-23-18(27)13-30-20-25-24-19(26(20)22)16-5-3-4-6-17(16)21/h3-10H,2,11-13,22H2,1H3,(H,23,27). The normalized spacial score (nSPS) is 10.6. The third-order valence-corrected chi connectivity index (χ3v) is 5.57. The molecule has 0 aliphatic carbocycles. The molecule has 3 rings (SSSR count). The molecule has 8 nitrogen and oxygen atoms in total. The fourth-order valence-electron chi connectivity index (χ4n) is 2.54. The lowest BCUT2D eigenvalue weighted by molar-refractivity contribution is -0.118. The Labute approximate surface area is 187 Å². The zero-order valence-electron chi connectivity index (χ0n) is 16.4. The van der Waals surface area contributed by atoms with Crippen molar-refractivity contribution in [3.05, 3.63) is 53.0 Å². The van der Waals surface area contributed by atoms with E-state index in [9.17, 15) is 4.79 Å². The van der Waals surface area contributed by atoms with Gasteiger partial charge in [0, 0.05) is 10.0 Å². The van der Waals surface area contributed by atoms with E-state index in [1.54, 1.807) is 0 Å². The van der Waals surface area contributed by atoms with Gasteiger partial charge in [-0.1, -0.05) is 39.8 Å². The van der Waals surface area contributed by atoms with Crippen LogP contribution in [0.25, 0.3) is 11.4 Å². The number of nitrogens with zero attached hydrogens (tertiary/aromatic N) is 3. The molecule has 0 saturated carbocycles. The second-order valence-electron chi connectivity index (χ2n) is 6.05. The Morgan fingerprint density at radius 3 is 2.53 bits per heavy atom. The number of halogens is 1. The molecule has 2 aromatic carbocycles. The topological polar surface area (TPSA) is 104 Å². The van der Waals surface area contributed by atoms with Crippen LogP contribution in [-0.2, 0) is 4.79 Å². The summed E-state index contributed by atoms with van der Waals surface area (Å²) in [4.78, 5) is 12.1. The highest BCUT2D eigenvalue weighted by atomic mass is 79.9. The third kappa shape index (κ3) is 5.90. The highest BCUT2D eigenvalue weighted by Crippen LogP contribution is 2.27. The summed E-state index contributed by atoms with van der Waals surface area (Å²) in [5, 5.41) is 11.5. The van der Waals surface area contributed by atoms with Crippen molar-refractivity contribution >= 4 is 33.6 Å². The van der Waals surface area contributed by atoms with Crippen LogP contribution in [0.15, 0.2) is 58.2 Å². The van der Waals surface area contributed by atoms with Gasteiger partial charge in [0.05, 0.1) is 18.9 Å². The minimum absolute atomic E-state index is 0.138. The molecule has 0 atom stereocenters. The molecular weight excluding hydrogens is 470 g/mol. The summed E-state index contributed by atoms with van der Waals surface area (Å²) < 4.78 is 13.2. The maximum absolute atomic E-state index is 12.1. The molecule has 1 aromatic heterocycles. The number of benzene rings is 2. The lowest BCUT2D eigenvalue weighted by atomic mass is 10.2. The Kier molecular flexibility index (Phi) is 7.97. The van der Waals surface area contributed by atoms with Gasteiger partial charge in [-0.2, -0.15) is 0 Å². The van der Waals surface area contributed by atoms with Crippen molar-refractivity contribution in [1.82, 2.24) is 20.2 Å². The zero-order valence-corrected chi connectivity index (χ0v) is 18.8. The number of nitrogen functional groups attached to an aromatic ring is 1. The average molecular weight is 492 g/mol. The van der Waals surface area contributed by atoms with Crippen LogP contribution in [0.4, 0.5) is 0 Å². The first-order valence-corrected chi connectivity index (χ1v) is 11.1. The monoisotopic (exact) mass is 491 g/mol. The van der Waals surface area contributed by atoms with E-state index in [1.165, 1.54) is 16.4 Å². The summed E-state index contributed by atoms with van der Waals surface area (Å²) in [5.74, 6) is 8.17. The maximum atomic E-state index is 12.1. The Bertz CT molecular complexity index is 981. The molecule has 0 spiro atoms. The van der Waals surface area contributed by atoms with E-state index in [0.717, 1.165) is 21.5 Å². The maximum Gasteiger partial charge on any atom is 0.230 e. The van der Waals surface area contributed by atoms with E-state index in [1.807, 2.05) is 55.5 Å². The summed E-state index contributed by atoms with van der Waals surface area (Å²) in [6, 6.07) is 15.0. The van der Waals surface area contributed by atoms with Crippen LogP contribution in [0, 0.1) is 0 Å². The summed E-state index contributed by atoms with van der Waals surface area (Å²) >= 11 is 4.69. The van der Waals surface area contributed by atoms with E-state index >= 15 is 0 Å². The number of aromatic nitrogens is 3. The number of hydrogen-bond donors (Lipinski definition) is 2. The molecular formula is C20H22BrN5O3S. The van der Waals surface area contributed by atoms with E-state index in [0.29, 0.717) is 30.7 Å². The van der Waals surface area contributed by atoms with Crippen molar-refractivity contribution < 1.29 is 14.3 Å². The first-order valence-electron chi connectivity index (χ1n) is 9.29. The van der Waals surface area contributed by atoms with Crippen LogP contribution in [0.1, 0.15) is 6.92 Å². The van der Waals surface area contributed by atoms with Crippen molar-refractivity contribution in [3.63, 3.8) is 0 Å². The van der Waals surface area contributed by atoms with Crippen molar-refractivity contribution in [2.75, 3.05) is 31.4 Å². The van der Waals surface area contributed by atoms with E-state index in [4.69, 9.17) is 15.3 Å². The smallest absolute Gasteiger partial charge is 0.230 e. The quantitative estimate of drug-likeness (QED) is 0.255. The molecule has 0 bridgehead atoms. The van der Waals surface area contributed by atoms with Crippen LogP contribution in [-0.4, -0.2) is 46.3 Å². The SMILES string of the molecule is CCOc1ccc(OCCNC(=O)CSc2nnc(-c3ccccc3Br)n2N)cc1. The van der Waals surface area contributed by atoms with Crippen molar-refractivity contribution in [2.45, 2.75) is 12.1 Å². The van der Waals surface area contributed by atoms with Gasteiger partial charge in [0.1, 0.15) is 18.1 Å². The summed E-state index contributed by atoms with van der Waals surface area (Å²) in [6.45, 7) is 3.31. The lowest BCUT2D eigenvalue weighted by Crippen LogP contribution is -2.29. The molecule has 0 aliphatic heterocycles. The molecule has 1 heterocycles.